The average Bonchev–Trinajstić information content (AvgIpc) is 2.84. The van der Waals surface area contributed by atoms with Crippen LogP contribution in [0.4, 0.5) is 0 Å². The molecule has 0 amide bonds. The molecule has 3 nitrogen and oxygen atoms in total. The van der Waals surface area contributed by atoms with Gasteiger partial charge in [-0.1, -0.05) is 37.3 Å². The maximum atomic E-state index is 11.9. The van der Waals surface area contributed by atoms with Crippen molar-refractivity contribution < 1.29 is 14.3 Å². The van der Waals surface area contributed by atoms with Gasteiger partial charge in [0.15, 0.2) is 0 Å². The van der Waals surface area contributed by atoms with Crippen molar-refractivity contribution in [2.45, 2.75) is 32.8 Å². The monoisotopic (exact) mass is 246 g/mol. The largest absolute Gasteiger partial charge is 0.489 e. The normalized spacial score (nSPS) is 18.7. The van der Waals surface area contributed by atoms with E-state index >= 15 is 0 Å². The van der Waals surface area contributed by atoms with E-state index in [0.29, 0.717) is 24.4 Å². The van der Waals surface area contributed by atoms with E-state index in [4.69, 9.17) is 9.47 Å². The topological polar surface area (TPSA) is 35.5 Å². The van der Waals surface area contributed by atoms with E-state index in [1.165, 1.54) is 0 Å². The molecular weight excluding hydrogens is 228 g/mol. The highest BCUT2D eigenvalue weighted by Crippen LogP contribution is 2.34. The van der Waals surface area contributed by atoms with Gasteiger partial charge in [0, 0.05) is 12.0 Å². The van der Waals surface area contributed by atoms with E-state index in [2.05, 4.69) is 6.92 Å². The number of carbonyl (C=O) groups excluding carboxylic acids is 1. The molecule has 1 aliphatic heterocycles. The van der Waals surface area contributed by atoms with Crippen molar-refractivity contribution in [3.05, 3.63) is 41.5 Å². The van der Waals surface area contributed by atoms with Crippen molar-refractivity contribution in [3.63, 3.8) is 0 Å². The maximum absolute atomic E-state index is 11.9. The third kappa shape index (κ3) is 2.55. The van der Waals surface area contributed by atoms with Crippen molar-refractivity contribution in [1.82, 2.24) is 0 Å². The van der Waals surface area contributed by atoms with E-state index in [9.17, 15) is 4.79 Å². The van der Waals surface area contributed by atoms with E-state index in [-0.39, 0.29) is 12.1 Å². The van der Waals surface area contributed by atoms with Crippen molar-refractivity contribution >= 4 is 11.7 Å². The Labute approximate surface area is 107 Å². The molecule has 1 unspecified atom stereocenters. The zero-order chi connectivity index (χ0) is 13.0. The first kappa shape index (κ1) is 12.7. The van der Waals surface area contributed by atoms with E-state index in [0.717, 1.165) is 12.0 Å². The summed E-state index contributed by atoms with van der Waals surface area (Å²) in [5, 5.41) is 0. The average molecular weight is 246 g/mol. The summed E-state index contributed by atoms with van der Waals surface area (Å²) >= 11 is 0. The number of hydrogen-bond donors (Lipinski definition) is 0. The Morgan fingerprint density at radius 1 is 1.33 bits per heavy atom. The number of ether oxygens (including phenoxy) is 2. The first-order chi connectivity index (χ1) is 8.76. The van der Waals surface area contributed by atoms with Gasteiger partial charge in [-0.2, -0.15) is 0 Å². The zero-order valence-electron chi connectivity index (χ0n) is 10.8. The van der Waals surface area contributed by atoms with Gasteiger partial charge < -0.3 is 9.47 Å². The van der Waals surface area contributed by atoms with E-state index in [1.807, 2.05) is 37.3 Å². The summed E-state index contributed by atoms with van der Waals surface area (Å²) in [5.74, 6) is 0.424. The smallest absolute Gasteiger partial charge is 0.337 e. The Balaban J connectivity index is 2.32. The molecule has 0 spiro atoms. The lowest BCUT2D eigenvalue weighted by Gasteiger charge is -2.10. The van der Waals surface area contributed by atoms with Crippen LogP contribution in [0.5, 0.6) is 0 Å². The molecule has 0 aromatic heterocycles. The minimum Gasteiger partial charge on any atom is -0.489 e. The molecule has 0 aliphatic carbocycles. The second kappa shape index (κ2) is 5.71. The van der Waals surface area contributed by atoms with E-state index in [1.54, 1.807) is 0 Å². The van der Waals surface area contributed by atoms with Crippen LogP contribution in [0.15, 0.2) is 35.9 Å². The van der Waals surface area contributed by atoms with Crippen molar-refractivity contribution in [2.24, 2.45) is 0 Å². The van der Waals surface area contributed by atoms with Crippen LogP contribution in [0.25, 0.3) is 5.76 Å². The second-order valence-electron chi connectivity index (χ2n) is 4.25. The van der Waals surface area contributed by atoms with Gasteiger partial charge in [-0.3, -0.25) is 0 Å². The molecule has 0 saturated carbocycles. The number of esters is 1. The summed E-state index contributed by atoms with van der Waals surface area (Å²) in [7, 11) is 0. The van der Waals surface area contributed by atoms with Crippen LogP contribution >= 0.6 is 0 Å². The molecule has 0 radical (unpaired) electrons. The van der Waals surface area contributed by atoms with Crippen LogP contribution in [0.2, 0.25) is 0 Å². The molecule has 1 atom stereocenters. The lowest BCUT2D eigenvalue weighted by atomic mass is 10.1. The fraction of sp³-hybridized carbons (Fsp3) is 0.400. The Morgan fingerprint density at radius 2 is 2.06 bits per heavy atom. The highest BCUT2D eigenvalue weighted by atomic mass is 16.5. The van der Waals surface area contributed by atoms with Gasteiger partial charge in [0.2, 0.25) is 0 Å². The van der Waals surface area contributed by atoms with Gasteiger partial charge in [0.25, 0.3) is 0 Å². The minimum atomic E-state index is -0.257. The summed E-state index contributed by atoms with van der Waals surface area (Å²) in [6, 6.07) is 9.72. The van der Waals surface area contributed by atoms with Crippen LogP contribution in [-0.2, 0) is 14.3 Å². The van der Waals surface area contributed by atoms with Crippen LogP contribution in [0.3, 0.4) is 0 Å². The van der Waals surface area contributed by atoms with Gasteiger partial charge in [0.1, 0.15) is 11.9 Å². The predicted octanol–water partition coefficient (Wildman–Crippen LogP) is 3.16. The summed E-state index contributed by atoms with van der Waals surface area (Å²) in [6.45, 7) is 4.26. The van der Waals surface area contributed by atoms with Crippen molar-refractivity contribution in [2.75, 3.05) is 6.61 Å². The Hall–Kier alpha value is -1.77. The van der Waals surface area contributed by atoms with Crippen LogP contribution in [0.1, 0.15) is 32.3 Å². The summed E-state index contributed by atoms with van der Waals surface area (Å²) in [4.78, 5) is 11.9. The molecule has 2 rings (SSSR count). The highest BCUT2D eigenvalue weighted by molar-refractivity contribution is 5.97. The molecule has 1 heterocycles. The summed E-state index contributed by atoms with van der Waals surface area (Å²) in [6.07, 6.45) is 1.61. The summed E-state index contributed by atoms with van der Waals surface area (Å²) < 4.78 is 10.9. The van der Waals surface area contributed by atoms with Gasteiger partial charge >= 0.3 is 5.97 Å². The Morgan fingerprint density at radius 3 is 2.67 bits per heavy atom. The molecule has 1 aromatic rings. The lowest BCUT2D eigenvalue weighted by Crippen LogP contribution is -2.09. The molecule has 0 fully saturated rings. The van der Waals surface area contributed by atoms with Crippen LogP contribution < -0.4 is 0 Å². The third-order valence-corrected chi connectivity index (χ3v) is 3.00. The van der Waals surface area contributed by atoms with Crippen LogP contribution in [0, 0.1) is 0 Å². The molecule has 0 bridgehead atoms. The SMILES string of the molecule is CCOC(=O)C1=C(c2ccccc2)OC(CC)C1. The number of benzene rings is 1. The molecule has 1 aromatic carbocycles. The number of carbonyl (C=O) groups is 1. The zero-order valence-corrected chi connectivity index (χ0v) is 10.8. The second-order valence-corrected chi connectivity index (χ2v) is 4.25. The van der Waals surface area contributed by atoms with Gasteiger partial charge in [0.05, 0.1) is 12.2 Å². The molecular formula is C15H18O3. The molecule has 3 heteroatoms. The minimum absolute atomic E-state index is 0.0830. The van der Waals surface area contributed by atoms with E-state index < -0.39 is 0 Å². The first-order valence-corrected chi connectivity index (χ1v) is 6.38. The molecule has 96 valence electrons. The quantitative estimate of drug-likeness (QED) is 0.765. The molecule has 0 saturated heterocycles. The first-order valence-electron chi connectivity index (χ1n) is 6.38. The van der Waals surface area contributed by atoms with Crippen LogP contribution in [-0.4, -0.2) is 18.7 Å². The number of hydrogen-bond acceptors (Lipinski definition) is 3. The maximum Gasteiger partial charge on any atom is 0.337 e. The van der Waals surface area contributed by atoms with Crippen molar-refractivity contribution in [1.29, 1.82) is 0 Å². The third-order valence-electron chi connectivity index (χ3n) is 3.00. The van der Waals surface area contributed by atoms with Gasteiger partial charge in [-0.05, 0) is 13.3 Å². The Bertz CT molecular complexity index is 448. The number of rotatable bonds is 4. The lowest BCUT2D eigenvalue weighted by molar-refractivity contribution is -0.138. The predicted molar refractivity (Wildman–Crippen MR) is 69.8 cm³/mol. The fourth-order valence-electron chi connectivity index (χ4n) is 2.05. The molecule has 18 heavy (non-hydrogen) atoms. The standard InChI is InChI=1S/C15H18O3/c1-3-12-10-13(15(16)17-4-2)14(18-12)11-8-6-5-7-9-11/h5-9,12H,3-4,10H2,1-2H3. The molecule has 1 aliphatic rings. The van der Waals surface area contributed by atoms with Gasteiger partial charge in [-0.15, -0.1) is 0 Å². The molecule has 0 N–H and O–H groups in total. The Kier molecular flexibility index (Phi) is 4.03. The highest BCUT2D eigenvalue weighted by Gasteiger charge is 2.30. The van der Waals surface area contributed by atoms with Crippen molar-refractivity contribution in [3.8, 4) is 0 Å². The summed E-state index contributed by atoms with van der Waals surface area (Å²) in [5.41, 5.74) is 1.60. The van der Waals surface area contributed by atoms with Gasteiger partial charge in [-0.25, -0.2) is 4.79 Å². The fourth-order valence-corrected chi connectivity index (χ4v) is 2.05.